The maximum Gasteiger partial charge on any atom is 0.341 e. The molecule has 1 atom stereocenters. The largest absolute Gasteiger partial charge is 0.497 e. The Kier molecular flexibility index (Phi) is 10.1. The van der Waals surface area contributed by atoms with Crippen LogP contribution in [0.2, 0.25) is 0 Å². The molecular formula is C30H34N2O5S2. The van der Waals surface area contributed by atoms with Gasteiger partial charge in [-0.1, -0.05) is 25.8 Å². The smallest absolute Gasteiger partial charge is 0.341 e. The van der Waals surface area contributed by atoms with Crippen molar-refractivity contribution in [1.29, 1.82) is 0 Å². The van der Waals surface area contributed by atoms with Gasteiger partial charge in [-0.05, 0) is 80.1 Å². The van der Waals surface area contributed by atoms with Crippen molar-refractivity contribution < 1.29 is 23.9 Å². The van der Waals surface area contributed by atoms with E-state index in [0.717, 1.165) is 42.6 Å². The zero-order chi connectivity index (χ0) is 27.8. The van der Waals surface area contributed by atoms with E-state index in [4.69, 9.17) is 9.47 Å². The van der Waals surface area contributed by atoms with Crippen molar-refractivity contribution in [2.75, 3.05) is 24.9 Å². The summed E-state index contributed by atoms with van der Waals surface area (Å²) in [5, 5.41) is 6.17. The molecule has 1 heterocycles. The number of carbonyl (C=O) groups is 3. The Morgan fingerprint density at radius 1 is 0.974 bits per heavy atom. The highest BCUT2D eigenvalue weighted by Crippen LogP contribution is 2.38. The first-order valence-corrected chi connectivity index (χ1v) is 14.9. The molecule has 2 amide bonds. The van der Waals surface area contributed by atoms with Crippen LogP contribution >= 0.6 is 23.1 Å². The number of thiophene rings is 1. The standard InChI is InChI=1S/C30H34N2O5S2/c1-4-24(28(34)32-29-26(30(35)37-3)23-12-7-5-6-8-13-25(23)39-29)38-22-11-9-10-20(18-22)31-27(33)19-14-16-21(36-2)17-15-19/h9-11,14-18,24H,4-8,12-13H2,1-3H3,(H,31,33)(H,32,34). The summed E-state index contributed by atoms with van der Waals surface area (Å²) < 4.78 is 10.2. The number of fused-ring (bicyclic) bond motifs is 1. The van der Waals surface area contributed by atoms with Crippen molar-refractivity contribution in [2.45, 2.75) is 62.0 Å². The Balaban J connectivity index is 1.47. The summed E-state index contributed by atoms with van der Waals surface area (Å²) in [6, 6.07) is 14.3. The molecule has 0 spiro atoms. The average molecular weight is 567 g/mol. The summed E-state index contributed by atoms with van der Waals surface area (Å²) in [5.74, 6) is -0.103. The lowest BCUT2D eigenvalue weighted by molar-refractivity contribution is -0.115. The number of nitrogens with one attached hydrogen (secondary N) is 2. The molecule has 1 aliphatic rings. The molecule has 2 N–H and O–H groups in total. The number of ether oxygens (including phenoxy) is 2. The van der Waals surface area contributed by atoms with Gasteiger partial charge >= 0.3 is 5.97 Å². The normalized spacial score (nSPS) is 13.8. The molecule has 0 bridgehead atoms. The summed E-state index contributed by atoms with van der Waals surface area (Å²) in [5.41, 5.74) is 2.70. The van der Waals surface area contributed by atoms with Gasteiger partial charge in [0.2, 0.25) is 5.91 Å². The van der Waals surface area contributed by atoms with Gasteiger partial charge in [0.05, 0.1) is 25.0 Å². The van der Waals surface area contributed by atoms with Gasteiger partial charge in [-0.2, -0.15) is 0 Å². The highest BCUT2D eigenvalue weighted by Gasteiger charge is 2.28. The Morgan fingerprint density at radius 2 is 1.72 bits per heavy atom. The summed E-state index contributed by atoms with van der Waals surface area (Å²) in [4.78, 5) is 40.9. The van der Waals surface area contributed by atoms with Crippen molar-refractivity contribution in [1.82, 2.24) is 0 Å². The molecule has 0 saturated carbocycles. The van der Waals surface area contributed by atoms with E-state index < -0.39 is 5.97 Å². The minimum atomic E-state index is -0.399. The van der Waals surface area contributed by atoms with Gasteiger partial charge in [0.15, 0.2) is 0 Å². The first kappa shape index (κ1) is 28.7. The number of hydrogen-bond acceptors (Lipinski definition) is 7. The fraction of sp³-hybridized carbons (Fsp3) is 0.367. The summed E-state index contributed by atoms with van der Waals surface area (Å²) in [7, 11) is 2.96. The molecule has 1 aliphatic carbocycles. The summed E-state index contributed by atoms with van der Waals surface area (Å²) in [6.45, 7) is 1.96. The van der Waals surface area contributed by atoms with E-state index in [9.17, 15) is 14.4 Å². The van der Waals surface area contributed by atoms with Crippen molar-refractivity contribution >= 4 is 51.6 Å². The van der Waals surface area contributed by atoms with Crippen LogP contribution in [-0.4, -0.2) is 37.3 Å². The van der Waals surface area contributed by atoms with Crippen LogP contribution in [0.15, 0.2) is 53.4 Å². The molecule has 0 aliphatic heterocycles. The second-order valence-electron chi connectivity index (χ2n) is 9.33. The Bertz CT molecular complexity index is 1320. The molecule has 0 radical (unpaired) electrons. The number of methoxy groups -OCH3 is 2. The Hall–Kier alpha value is -3.30. The zero-order valence-electron chi connectivity index (χ0n) is 22.5. The first-order valence-electron chi connectivity index (χ1n) is 13.2. The van der Waals surface area contributed by atoms with Gasteiger partial charge in [0.1, 0.15) is 10.8 Å². The van der Waals surface area contributed by atoms with Crippen LogP contribution in [0.5, 0.6) is 5.75 Å². The molecule has 2 aromatic carbocycles. The van der Waals surface area contributed by atoms with E-state index in [1.54, 1.807) is 31.4 Å². The lowest BCUT2D eigenvalue weighted by atomic mass is 9.96. The molecule has 1 unspecified atom stereocenters. The molecule has 206 valence electrons. The second kappa shape index (κ2) is 13.7. The van der Waals surface area contributed by atoms with Crippen LogP contribution in [0.25, 0.3) is 0 Å². The van der Waals surface area contributed by atoms with E-state index in [1.165, 1.54) is 41.5 Å². The highest BCUT2D eigenvalue weighted by atomic mass is 32.2. The van der Waals surface area contributed by atoms with E-state index in [2.05, 4.69) is 10.6 Å². The third-order valence-electron chi connectivity index (χ3n) is 6.68. The monoisotopic (exact) mass is 566 g/mol. The Labute approximate surface area is 237 Å². The van der Waals surface area contributed by atoms with Crippen LogP contribution < -0.4 is 15.4 Å². The zero-order valence-corrected chi connectivity index (χ0v) is 24.1. The van der Waals surface area contributed by atoms with Crippen LogP contribution in [0.3, 0.4) is 0 Å². The third kappa shape index (κ3) is 7.22. The van der Waals surface area contributed by atoms with Gasteiger partial charge in [0.25, 0.3) is 5.91 Å². The van der Waals surface area contributed by atoms with Crippen LogP contribution in [0, 0.1) is 0 Å². The molecular weight excluding hydrogens is 532 g/mol. The van der Waals surface area contributed by atoms with Crippen molar-refractivity contribution in [3.8, 4) is 5.75 Å². The number of benzene rings is 2. The second-order valence-corrected chi connectivity index (χ2v) is 11.7. The molecule has 39 heavy (non-hydrogen) atoms. The molecule has 0 saturated heterocycles. The van der Waals surface area contributed by atoms with Crippen molar-refractivity contribution in [3.63, 3.8) is 0 Å². The van der Waals surface area contributed by atoms with Crippen LogP contribution in [0.1, 0.15) is 70.2 Å². The minimum Gasteiger partial charge on any atom is -0.497 e. The van der Waals surface area contributed by atoms with Crippen LogP contribution in [-0.2, 0) is 22.4 Å². The number of thioether (sulfide) groups is 1. The fourth-order valence-corrected chi connectivity index (χ4v) is 6.89. The number of hydrogen-bond donors (Lipinski definition) is 2. The number of carbonyl (C=O) groups excluding carboxylic acids is 3. The quantitative estimate of drug-likeness (QED) is 0.215. The third-order valence-corrected chi connectivity index (χ3v) is 9.25. The lowest BCUT2D eigenvalue weighted by Crippen LogP contribution is -2.25. The van der Waals surface area contributed by atoms with Gasteiger partial charge in [-0.3, -0.25) is 9.59 Å². The molecule has 7 nitrogen and oxygen atoms in total. The van der Waals surface area contributed by atoms with Crippen molar-refractivity contribution in [2.24, 2.45) is 0 Å². The molecule has 9 heteroatoms. The minimum absolute atomic E-state index is 0.158. The number of esters is 1. The molecule has 1 aromatic heterocycles. The maximum atomic E-state index is 13.4. The number of anilines is 2. The maximum absolute atomic E-state index is 13.4. The summed E-state index contributed by atoms with van der Waals surface area (Å²) >= 11 is 2.93. The first-order chi connectivity index (χ1) is 18.9. The Morgan fingerprint density at radius 3 is 2.41 bits per heavy atom. The molecule has 0 fully saturated rings. The van der Waals surface area contributed by atoms with Gasteiger partial charge in [-0.15, -0.1) is 23.1 Å². The van der Waals surface area contributed by atoms with E-state index in [-0.39, 0.29) is 17.1 Å². The summed E-state index contributed by atoms with van der Waals surface area (Å²) in [6.07, 6.45) is 6.78. The van der Waals surface area contributed by atoms with Crippen LogP contribution in [0.4, 0.5) is 10.7 Å². The number of aryl methyl sites for hydroxylation is 1. The predicted octanol–water partition coefficient (Wildman–Crippen LogP) is 6.96. The van der Waals surface area contributed by atoms with Gasteiger partial charge in [-0.25, -0.2) is 4.79 Å². The number of rotatable bonds is 9. The van der Waals surface area contributed by atoms with Crippen molar-refractivity contribution in [3.05, 3.63) is 70.1 Å². The molecule has 3 aromatic rings. The predicted molar refractivity (Wildman–Crippen MR) is 157 cm³/mol. The van der Waals surface area contributed by atoms with Gasteiger partial charge < -0.3 is 20.1 Å². The highest BCUT2D eigenvalue weighted by molar-refractivity contribution is 8.00. The fourth-order valence-electron chi connectivity index (χ4n) is 4.60. The van der Waals surface area contributed by atoms with Gasteiger partial charge in [0, 0.05) is 21.0 Å². The number of amides is 2. The topological polar surface area (TPSA) is 93.7 Å². The van der Waals surface area contributed by atoms with E-state index >= 15 is 0 Å². The SMILES string of the molecule is CCC(Sc1cccc(NC(=O)c2ccc(OC)cc2)c1)C(=O)Nc1sc2c(c1C(=O)OC)CCCCCC2. The molecule has 4 rings (SSSR count). The lowest BCUT2D eigenvalue weighted by Gasteiger charge is -2.16. The van der Waals surface area contributed by atoms with E-state index in [0.29, 0.717) is 34.0 Å². The average Bonchev–Trinajstić information content (AvgIpc) is 3.26. The van der Waals surface area contributed by atoms with E-state index in [1.807, 2.05) is 31.2 Å².